The Kier molecular flexibility index (Phi) is 3.87. The molecule has 0 aliphatic heterocycles. The summed E-state index contributed by atoms with van der Waals surface area (Å²) < 4.78 is 0. The summed E-state index contributed by atoms with van der Waals surface area (Å²) in [6.07, 6.45) is 3.30. The van der Waals surface area contributed by atoms with Crippen molar-refractivity contribution in [3.8, 4) is 11.1 Å². The van der Waals surface area contributed by atoms with Crippen LogP contribution in [-0.4, -0.2) is 15.9 Å². The number of aromatic nitrogens is 2. The molecule has 110 valence electrons. The van der Waals surface area contributed by atoms with E-state index in [2.05, 4.69) is 15.3 Å². The first-order valence-corrected chi connectivity index (χ1v) is 6.92. The molecule has 0 saturated heterocycles. The van der Waals surface area contributed by atoms with Crippen molar-refractivity contribution in [2.24, 2.45) is 0 Å². The minimum Gasteiger partial charge on any atom is -0.357 e. The highest BCUT2D eigenvalue weighted by molar-refractivity contribution is 5.93. The molecule has 0 saturated carbocycles. The number of nitrogens with one attached hydrogen (secondary N) is 3. The van der Waals surface area contributed by atoms with Gasteiger partial charge in [0.2, 0.25) is 5.56 Å². The molecule has 1 aromatic carbocycles. The van der Waals surface area contributed by atoms with Crippen molar-refractivity contribution < 1.29 is 4.79 Å². The van der Waals surface area contributed by atoms with Crippen LogP contribution in [0.5, 0.6) is 0 Å². The molecule has 2 aromatic heterocycles. The summed E-state index contributed by atoms with van der Waals surface area (Å²) in [4.78, 5) is 28.9. The summed E-state index contributed by atoms with van der Waals surface area (Å²) in [6, 6.07) is 14.7. The standard InChI is InChI=1S/C17H15N3O2/c21-16-9-13(6-7-18-16)14-8-15(19-11-14)17(22)20-10-12-4-2-1-3-5-12/h1-9,11,19H,10H2,(H,18,21)(H,20,22). The van der Waals surface area contributed by atoms with Crippen LogP contribution in [0.3, 0.4) is 0 Å². The Hall–Kier alpha value is -3.08. The number of hydrogen-bond donors (Lipinski definition) is 3. The average Bonchev–Trinajstić information content (AvgIpc) is 3.04. The number of rotatable bonds is 4. The van der Waals surface area contributed by atoms with E-state index in [0.29, 0.717) is 12.2 Å². The second-order valence-electron chi connectivity index (χ2n) is 4.91. The molecule has 3 rings (SSSR count). The molecule has 5 heteroatoms. The fourth-order valence-corrected chi connectivity index (χ4v) is 2.19. The van der Waals surface area contributed by atoms with Gasteiger partial charge in [0.15, 0.2) is 0 Å². The summed E-state index contributed by atoms with van der Waals surface area (Å²) in [6.45, 7) is 0.471. The Morgan fingerprint density at radius 1 is 1.00 bits per heavy atom. The normalized spacial score (nSPS) is 10.4. The molecule has 3 N–H and O–H groups in total. The predicted molar refractivity (Wildman–Crippen MR) is 84.5 cm³/mol. The molecule has 0 aliphatic rings. The molecular formula is C17H15N3O2. The Labute approximate surface area is 127 Å². The number of carbonyl (C=O) groups excluding carboxylic acids is 1. The second-order valence-corrected chi connectivity index (χ2v) is 4.91. The molecule has 0 radical (unpaired) electrons. The number of carbonyl (C=O) groups is 1. The highest BCUT2D eigenvalue weighted by atomic mass is 16.1. The van der Waals surface area contributed by atoms with Gasteiger partial charge in [-0.25, -0.2) is 0 Å². The monoisotopic (exact) mass is 293 g/mol. The number of aromatic amines is 2. The average molecular weight is 293 g/mol. The summed E-state index contributed by atoms with van der Waals surface area (Å²) in [7, 11) is 0. The maximum absolute atomic E-state index is 12.1. The van der Waals surface area contributed by atoms with Gasteiger partial charge in [0.25, 0.3) is 5.91 Å². The Morgan fingerprint density at radius 2 is 1.82 bits per heavy atom. The van der Waals surface area contributed by atoms with E-state index in [1.54, 1.807) is 24.5 Å². The van der Waals surface area contributed by atoms with Gasteiger partial charge in [0.05, 0.1) is 0 Å². The number of hydrogen-bond acceptors (Lipinski definition) is 2. The third-order valence-corrected chi connectivity index (χ3v) is 3.33. The zero-order valence-electron chi connectivity index (χ0n) is 11.8. The van der Waals surface area contributed by atoms with Gasteiger partial charge in [-0.1, -0.05) is 30.3 Å². The summed E-state index contributed by atoms with van der Waals surface area (Å²) in [5.74, 6) is -0.181. The lowest BCUT2D eigenvalue weighted by atomic mass is 10.1. The van der Waals surface area contributed by atoms with E-state index >= 15 is 0 Å². The van der Waals surface area contributed by atoms with E-state index in [4.69, 9.17) is 0 Å². The van der Waals surface area contributed by atoms with Crippen molar-refractivity contribution in [3.05, 3.63) is 82.5 Å². The van der Waals surface area contributed by atoms with E-state index < -0.39 is 0 Å². The first-order chi connectivity index (χ1) is 10.7. The van der Waals surface area contributed by atoms with Crippen molar-refractivity contribution in [1.29, 1.82) is 0 Å². The second kappa shape index (κ2) is 6.13. The fraction of sp³-hybridized carbons (Fsp3) is 0.0588. The predicted octanol–water partition coefficient (Wildman–Crippen LogP) is 2.30. The number of pyridine rings is 1. The maximum atomic E-state index is 12.1. The first kappa shape index (κ1) is 13.9. The van der Waals surface area contributed by atoms with E-state index in [1.165, 1.54) is 6.07 Å². The van der Waals surface area contributed by atoms with Crippen LogP contribution in [0, 0.1) is 0 Å². The number of amides is 1. The van der Waals surface area contributed by atoms with Crippen LogP contribution in [0.2, 0.25) is 0 Å². The van der Waals surface area contributed by atoms with Gasteiger partial charge in [-0.15, -0.1) is 0 Å². The fourth-order valence-electron chi connectivity index (χ4n) is 2.19. The van der Waals surface area contributed by atoms with E-state index in [0.717, 1.165) is 16.7 Å². The molecule has 2 heterocycles. The molecule has 1 amide bonds. The Morgan fingerprint density at radius 3 is 2.59 bits per heavy atom. The largest absolute Gasteiger partial charge is 0.357 e. The van der Waals surface area contributed by atoms with E-state index in [9.17, 15) is 9.59 Å². The van der Waals surface area contributed by atoms with Gasteiger partial charge in [-0.2, -0.15) is 0 Å². The molecule has 22 heavy (non-hydrogen) atoms. The number of benzene rings is 1. The van der Waals surface area contributed by atoms with Crippen LogP contribution in [-0.2, 0) is 6.54 Å². The van der Waals surface area contributed by atoms with Gasteiger partial charge in [0.1, 0.15) is 5.69 Å². The van der Waals surface area contributed by atoms with Crippen molar-refractivity contribution >= 4 is 5.91 Å². The van der Waals surface area contributed by atoms with Gasteiger partial charge >= 0.3 is 0 Å². The summed E-state index contributed by atoms with van der Waals surface area (Å²) in [5.41, 5.74) is 2.90. The lowest BCUT2D eigenvalue weighted by Gasteiger charge is -2.03. The molecule has 5 nitrogen and oxygen atoms in total. The molecule has 0 unspecified atom stereocenters. The molecule has 0 spiro atoms. The maximum Gasteiger partial charge on any atom is 0.267 e. The third kappa shape index (κ3) is 3.15. The lowest BCUT2D eigenvalue weighted by Crippen LogP contribution is -2.22. The highest BCUT2D eigenvalue weighted by Gasteiger charge is 2.09. The van der Waals surface area contributed by atoms with E-state index in [1.807, 2.05) is 30.3 Å². The first-order valence-electron chi connectivity index (χ1n) is 6.92. The molecular weight excluding hydrogens is 278 g/mol. The number of H-pyrrole nitrogens is 2. The van der Waals surface area contributed by atoms with Gasteiger partial charge in [-0.05, 0) is 23.3 Å². The van der Waals surface area contributed by atoms with Crippen LogP contribution in [0.1, 0.15) is 16.1 Å². The van der Waals surface area contributed by atoms with Crippen molar-refractivity contribution in [3.63, 3.8) is 0 Å². The molecule has 0 fully saturated rings. The van der Waals surface area contributed by atoms with Gasteiger partial charge < -0.3 is 15.3 Å². The van der Waals surface area contributed by atoms with Crippen molar-refractivity contribution in [2.45, 2.75) is 6.54 Å². The van der Waals surface area contributed by atoms with Crippen LogP contribution >= 0.6 is 0 Å². The van der Waals surface area contributed by atoms with Crippen LogP contribution in [0.4, 0.5) is 0 Å². The molecule has 0 atom stereocenters. The van der Waals surface area contributed by atoms with Crippen molar-refractivity contribution in [1.82, 2.24) is 15.3 Å². The van der Waals surface area contributed by atoms with Crippen molar-refractivity contribution in [2.75, 3.05) is 0 Å². The Bertz CT molecular complexity index is 834. The SMILES string of the molecule is O=C(NCc1ccccc1)c1cc(-c2cc[nH]c(=O)c2)c[nH]1. The quantitative estimate of drug-likeness (QED) is 0.690. The van der Waals surface area contributed by atoms with E-state index in [-0.39, 0.29) is 11.5 Å². The highest BCUT2D eigenvalue weighted by Crippen LogP contribution is 2.18. The van der Waals surface area contributed by atoms with Gasteiger partial charge in [0, 0.05) is 30.6 Å². The molecule has 3 aromatic rings. The zero-order chi connectivity index (χ0) is 15.4. The van der Waals surface area contributed by atoms with Crippen LogP contribution in [0.25, 0.3) is 11.1 Å². The minimum absolute atomic E-state index is 0.172. The third-order valence-electron chi connectivity index (χ3n) is 3.33. The summed E-state index contributed by atoms with van der Waals surface area (Å²) in [5, 5.41) is 2.85. The lowest BCUT2D eigenvalue weighted by molar-refractivity contribution is 0.0946. The van der Waals surface area contributed by atoms with Crippen LogP contribution < -0.4 is 10.9 Å². The summed E-state index contributed by atoms with van der Waals surface area (Å²) >= 11 is 0. The minimum atomic E-state index is -0.181. The topological polar surface area (TPSA) is 77.8 Å². The Balaban J connectivity index is 1.71. The van der Waals surface area contributed by atoms with Crippen LogP contribution in [0.15, 0.2) is 65.7 Å². The molecule has 0 bridgehead atoms. The molecule has 0 aliphatic carbocycles. The van der Waals surface area contributed by atoms with Gasteiger partial charge in [-0.3, -0.25) is 9.59 Å². The smallest absolute Gasteiger partial charge is 0.267 e. The zero-order valence-corrected chi connectivity index (χ0v) is 11.8.